The molecule has 0 saturated heterocycles. The minimum absolute atomic E-state index is 0.117. The Labute approximate surface area is 413 Å². The molecule has 8 rings (SSSR count). The third kappa shape index (κ3) is 11.5. The summed E-state index contributed by atoms with van der Waals surface area (Å²) in [7, 11) is 0. The van der Waals surface area contributed by atoms with Crippen molar-refractivity contribution in [3.8, 4) is 33.4 Å². The summed E-state index contributed by atoms with van der Waals surface area (Å²) in [6, 6.07) is 55.2. The van der Waals surface area contributed by atoms with Gasteiger partial charge < -0.3 is 9.80 Å². The fourth-order valence-corrected chi connectivity index (χ4v) is 9.74. The van der Waals surface area contributed by atoms with Crippen molar-refractivity contribution in [1.82, 2.24) is 4.90 Å². The van der Waals surface area contributed by atoms with Crippen molar-refractivity contribution in [1.29, 1.82) is 0 Å². The normalized spacial score (nSPS) is 18.1. The summed E-state index contributed by atoms with van der Waals surface area (Å²) < 4.78 is 0. The van der Waals surface area contributed by atoms with E-state index in [2.05, 4.69) is 282 Å². The van der Waals surface area contributed by atoms with Crippen LogP contribution < -0.4 is 4.90 Å². The van der Waals surface area contributed by atoms with E-state index in [1.54, 1.807) is 0 Å². The van der Waals surface area contributed by atoms with E-state index in [-0.39, 0.29) is 12.0 Å². The van der Waals surface area contributed by atoms with Gasteiger partial charge in [0, 0.05) is 40.1 Å². The van der Waals surface area contributed by atoms with Crippen molar-refractivity contribution in [2.45, 2.75) is 66.3 Å². The largest absolute Gasteiger partial charge is 0.335 e. The molecule has 0 bridgehead atoms. The monoisotopic (exact) mass is 899 g/mol. The third-order valence-corrected chi connectivity index (χ3v) is 13.0. The Bertz CT molecular complexity index is 2980. The molecule has 0 aromatic heterocycles. The number of benzene rings is 6. The van der Waals surface area contributed by atoms with Crippen LogP contribution in [0.25, 0.3) is 45.0 Å². The first-order chi connectivity index (χ1) is 33.9. The van der Waals surface area contributed by atoms with Crippen LogP contribution >= 0.6 is 0 Å². The van der Waals surface area contributed by atoms with Gasteiger partial charge in [0.2, 0.25) is 0 Å². The summed E-state index contributed by atoms with van der Waals surface area (Å²) in [5, 5.41) is 0. The van der Waals surface area contributed by atoms with Gasteiger partial charge in [-0.25, -0.2) is 0 Å². The number of rotatable bonds is 15. The first kappa shape index (κ1) is 47.8. The maximum atomic E-state index is 4.24. The van der Waals surface area contributed by atoms with Crippen LogP contribution in [-0.2, 0) is 0 Å². The molecule has 344 valence electrons. The van der Waals surface area contributed by atoms with Crippen LogP contribution in [0.4, 0.5) is 11.4 Å². The van der Waals surface area contributed by atoms with Crippen LogP contribution in [0.2, 0.25) is 0 Å². The van der Waals surface area contributed by atoms with E-state index >= 15 is 0 Å². The average molecular weight is 899 g/mol. The van der Waals surface area contributed by atoms with E-state index in [9.17, 15) is 0 Å². The van der Waals surface area contributed by atoms with Crippen LogP contribution in [0, 0.1) is 12.8 Å². The SMILES string of the molecule is C=C/C=C(\C1=C(\CC(C)/C=C(\C=C/C)N(c2ccc(-c3ccccc3)cc2)c2ccc(-c3ccc(-c4ccccc4C)c(/C=C\C)c3)cc2)C/C=C\C=C/C(C)N1C1=CCCC=C1)c1ccccc1. The molecule has 2 aliphatic rings. The number of hydrogen-bond donors (Lipinski definition) is 0. The Balaban J connectivity index is 1.23. The summed E-state index contributed by atoms with van der Waals surface area (Å²) >= 11 is 0. The highest BCUT2D eigenvalue weighted by atomic mass is 15.2. The molecule has 0 radical (unpaired) electrons. The molecule has 2 atom stereocenters. The summed E-state index contributed by atoms with van der Waals surface area (Å²) in [5.74, 6) is 0.166. The highest BCUT2D eigenvalue weighted by Gasteiger charge is 2.27. The minimum atomic E-state index is 0.117. The molecule has 0 spiro atoms. The second-order valence-electron chi connectivity index (χ2n) is 18.1. The summed E-state index contributed by atoms with van der Waals surface area (Å²) in [6.45, 7) is 15.3. The lowest BCUT2D eigenvalue weighted by Crippen LogP contribution is -2.32. The fraction of sp³-hybridized carbons (Fsp3) is 0.164. The molecule has 0 saturated carbocycles. The zero-order chi connectivity index (χ0) is 48.0. The zero-order valence-corrected chi connectivity index (χ0v) is 41.1. The average Bonchev–Trinajstić information content (AvgIpc) is 3.46. The van der Waals surface area contributed by atoms with E-state index in [0.717, 1.165) is 42.8 Å². The summed E-state index contributed by atoms with van der Waals surface area (Å²) in [4.78, 5) is 4.99. The Morgan fingerprint density at radius 3 is 2.01 bits per heavy atom. The second kappa shape index (κ2) is 23.4. The van der Waals surface area contributed by atoms with Gasteiger partial charge in [0.1, 0.15) is 0 Å². The highest BCUT2D eigenvalue weighted by molar-refractivity contribution is 5.83. The maximum Gasteiger partial charge on any atom is 0.0497 e. The van der Waals surface area contributed by atoms with Crippen molar-refractivity contribution in [3.63, 3.8) is 0 Å². The molecule has 0 amide bonds. The molecule has 69 heavy (non-hydrogen) atoms. The van der Waals surface area contributed by atoms with Crippen LogP contribution in [0.3, 0.4) is 0 Å². The molecule has 0 N–H and O–H groups in total. The summed E-state index contributed by atoms with van der Waals surface area (Å²) in [6.07, 6.45) is 35.3. The Hall–Kier alpha value is -7.68. The highest BCUT2D eigenvalue weighted by Crippen LogP contribution is 2.41. The van der Waals surface area contributed by atoms with E-state index in [4.69, 9.17) is 0 Å². The molecule has 6 aromatic carbocycles. The second-order valence-corrected chi connectivity index (χ2v) is 18.1. The van der Waals surface area contributed by atoms with E-state index < -0.39 is 0 Å². The van der Waals surface area contributed by atoms with Gasteiger partial charge in [-0.15, -0.1) is 0 Å². The molecule has 2 unspecified atom stereocenters. The van der Waals surface area contributed by atoms with Gasteiger partial charge in [-0.2, -0.15) is 0 Å². The van der Waals surface area contributed by atoms with Gasteiger partial charge >= 0.3 is 0 Å². The molecule has 0 fully saturated rings. The van der Waals surface area contributed by atoms with Gasteiger partial charge in [0.25, 0.3) is 0 Å². The maximum absolute atomic E-state index is 4.24. The Morgan fingerprint density at radius 1 is 0.710 bits per heavy atom. The third-order valence-electron chi connectivity index (χ3n) is 13.0. The number of hydrogen-bond acceptors (Lipinski definition) is 2. The van der Waals surface area contributed by atoms with Crippen LogP contribution in [-0.4, -0.2) is 10.9 Å². The quantitative estimate of drug-likeness (QED) is 0.0948. The number of nitrogens with zero attached hydrogens (tertiary/aromatic N) is 2. The van der Waals surface area contributed by atoms with Crippen molar-refractivity contribution >= 4 is 23.0 Å². The fourth-order valence-electron chi connectivity index (χ4n) is 9.74. The van der Waals surface area contributed by atoms with E-state index in [0.29, 0.717) is 0 Å². The van der Waals surface area contributed by atoms with Crippen LogP contribution in [0.1, 0.15) is 70.1 Å². The standard InChI is InChI=1S/C67H66N2/c1-7-24-58-49-57(41-46-65(58)64-36-23-22-27-51(64)5)55-39-44-62(45-40-55)69(61-42-37-54(38-43-61)53-29-15-11-16-30-53)63(25-8-2)48-50(4)47-59-33-19-10-14-28-52(6)68(60-34-20-13-21-35-60)67(59)66(26-9-3)56-31-17-12-18-32-56/h7-12,14-20,22-32,34-46,48-50,52H,3,13,21,33,47H2,1-2,4-6H3/b19-10-,24-7-,25-8-,28-14-,63-48+,66-26-,67-59-. The Kier molecular flexibility index (Phi) is 16.2. The van der Waals surface area contributed by atoms with Crippen molar-refractivity contribution in [2.75, 3.05) is 4.90 Å². The molecular weight excluding hydrogens is 833 g/mol. The van der Waals surface area contributed by atoms with Gasteiger partial charge in [-0.3, -0.25) is 0 Å². The lowest BCUT2D eigenvalue weighted by Gasteiger charge is -2.37. The van der Waals surface area contributed by atoms with Gasteiger partial charge in [0.05, 0.1) is 0 Å². The van der Waals surface area contributed by atoms with Crippen molar-refractivity contribution in [3.05, 3.63) is 277 Å². The molecule has 2 nitrogen and oxygen atoms in total. The predicted molar refractivity (Wildman–Crippen MR) is 300 cm³/mol. The van der Waals surface area contributed by atoms with Gasteiger partial charge in [-0.1, -0.05) is 208 Å². The van der Waals surface area contributed by atoms with Crippen molar-refractivity contribution < 1.29 is 0 Å². The van der Waals surface area contributed by atoms with Crippen molar-refractivity contribution in [2.24, 2.45) is 5.92 Å². The smallest absolute Gasteiger partial charge is 0.0497 e. The first-order valence-corrected chi connectivity index (χ1v) is 24.7. The molecule has 1 aliphatic heterocycles. The molecule has 1 heterocycles. The van der Waals surface area contributed by atoms with Gasteiger partial charge in [-0.05, 0) is 157 Å². The number of anilines is 2. The minimum Gasteiger partial charge on any atom is -0.335 e. The topological polar surface area (TPSA) is 6.48 Å². The lowest BCUT2D eigenvalue weighted by molar-refractivity contribution is 0.397. The molecular formula is C67H66N2. The van der Waals surface area contributed by atoms with E-state index in [1.165, 1.54) is 72.6 Å². The van der Waals surface area contributed by atoms with E-state index in [1.807, 2.05) is 6.08 Å². The van der Waals surface area contributed by atoms with Crippen LogP contribution in [0.5, 0.6) is 0 Å². The summed E-state index contributed by atoms with van der Waals surface area (Å²) in [5.41, 5.74) is 19.3. The lowest BCUT2D eigenvalue weighted by atomic mass is 9.89. The zero-order valence-electron chi connectivity index (χ0n) is 41.1. The number of allylic oxidation sites excluding steroid dienone is 14. The van der Waals surface area contributed by atoms with Gasteiger partial charge in [0.15, 0.2) is 0 Å². The molecule has 1 aliphatic carbocycles. The van der Waals surface area contributed by atoms with Crippen LogP contribution in [0.15, 0.2) is 260 Å². The first-order valence-electron chi connectivity index (χ1n) is 24.7. The Morgan fingerprint density at radius 2 is 1.36 bits per heavy atom. The molecule has 6 aromatic rings. The predicted octanol–water partition coefficient (Wildman–Crippen LogP) is 18.6. The molecule has 2 heteroatoms. The number of aryl methyl sites for hydroxylation is 1.